The number of thiophene rings is 1. The van der Waals surface area contributed by atoms with Crippen molar-refractivity contribution in [2.24, 2.45) is 0 Å². The quantitative estimate of drug-likeness (QED) is 0.430. The first-order valence-corrected chi connectivity index (χ1v) is 7.86. The Morgan fingerprint density at radius 3 is 2.91 bits per heavy atom. The molecule has 1 saturated heterocycles. The van der Waals surface area contributed by atoms with Crippen molar-refractivity contribution in [3.63, 3.8) is 0 Å². The van der Waals surface area contributed by atoms with E-state index >= 15 is 0 Å². The molecular formula is C14H13N3O5S. The summed E-state index contributed by atoms with van der Waals surface area (Å²) in [6, 6.07) is -0.657. The van der Waals surface area contributed by atoms with Crippen LogP contribution in [0.25, 0.3) is 0 Å². The third kappa shape index (κ3) is 2.74. The summed E-state index contributed by atoms with van der Waals surface area (Å²) in [5, 5.41) is 6.37. The van der Waals surface area contributed by atoms with Crippen LogP contribution in [0.4, 0.5) is 0 Å². The molecule has 1 aromatic heterocycles. The number of nitrogens with one attached hydrogen (secondary N) is 2. The van der Waals surface area contributed by atoms with Crippen LogP contribution < -0.4 is 10.6 Å². The highest BCUT2D eigenvalue weighted by molar-refractivity contribution is 7.10. The van der Waals surface area contributed by atoms with Gasteiger partial charge in [-0.2, -0.15) is 0 Å². The topological polar surface area (TPSA) is 113 Å². The molecule has 0 aliphatic carbocycles. The first kappa shape index (κ1) is 15.3. The Morgan fingerprint density at radius 1 is 1.43 bits per heavy atom. The summed E-state index contributed by atoms with van der Waals surface area (Å²) in [4.78, 5) is 59.2. The average Bonchev–Trinajstić information content (AvgIpc) is 3.06. The Hall–Kier alpha value is -2.55. The maximum Gasteiger partial charge on any atom is 0.284 e. The van der Waals surface area contributed by atoms with Crippen LogP contribution in [0.1, 0.15) is 33.6 Å². The van der Waals surface area contributed by atoms with E-state index < -0.39 is 17.9 Å². The second-order valence-corrected chi connectivity index (χ2v) is 6.25. The van der Waals surface area contributed by atoms with E-state index in [-0.39, 0.29) is 37.6 Å². The maximum absolute atomic E-state index is 12.5. The predicted molar refractivity (Wildman–Crippen MR) is 78.3 cm³/mol. The van der Waals surface area contributed by atoms with Crippen molar-refractivity contribution in [3.8, 4) is 0 Å². The van der Waals surface area contributed by atoms with Gasteiger partial charge in [0.1, 0.15) is 6.04 Å². The Labute approximate surface area is 134 Å². The molecule has 120 valence electrons. The van der Waals surface area contributed by atoms with Gasteiger partial charge in [-0.3, -0.25) is 29.3 Å². The van der Waals surface area contributed by atoms with Crippen LogP contribution in [0.3, 0.4) is 0 Å². The summed E-state index contributed by atoms with van der Waals surface area (Å²) in [6.07, 6.45) is 0.700. The highest BCUT2D eigenvalue weighted by atomic mass is 32.1. The number of carbonyl (C=O) groups is 5. The zero-order chi connectivity index (χ0) is 16.6. The monoisotopic (exact) mass is 335 g/mol. The molecule has 0 radical (unpaired) electrons. The van der Waals surface area contributed by atoms with Gasteiger partial charge in [0.05, 0.1) is 12.1 Å². The number of imide groups is 1. The molecule has 2 N–H and O–H groups in total. The molecule has 3 heterocycles. The molecule has 2 aliphatic rings. The van der Waals surface area contributed by atoms with Gasteiger partial charge >= 0.3 is 0 Å². The average molecular weight is 335 g/mol. The zero-order valence-electron chi connectivity index (χ0n) is 12.0. The summed E-state index contributed by atoms with van der Waals surface area (Å²) in [7, 11) is 0. The van der Waals surface area contributed by atoms with E-state index in [1.165, 1.54) is 16.2 Å². The van der Waals surface area contributed by atoms with E-state index in [1.54, 1.807) is 5.38 Å². The fraction of sp³-hybridized carbons (Fsp3) is 0.357. The third-order valence-corrected chi connectivity index (χ3v) is 4.95. The number of piperidine rings is 1. The molecule has 8 nitrogen and oxygen atoms in total. The summed E-state index contributed by atoms with van der Waals surface area (Å²) < 4.78 is 0. The molecule has 2 aliphatic heterocycles. The molecule has 1 aromatic rings. The molecule has 0 spiro atoms. The number of fused-ring (bicyclic) bond motifs is 1. The van der Waals surface area contributed by atoms with E-state index in [0.717, 1.165) is 10.4 Å². The van der Waals surface area contributed by atoms with Crippen molar-refractivity contribution in [1.29, 1.82) is 0 Å². The van der Waals surface area contributed by atoms with Gasteiger partial charge in [0, 0.05) is 23.2 Å². The first-order valence-electron chi connectivity index (χ1n) is 6.98. The van der Waals surface area contributed by atoms with Crippen molar-refractivity contribution in [3.05, 3.63) is 21.4 Å². The lowest BCUT2D eigenvalue weighted by Gasteiger charge is -2.29. The predicted octanol–water partition coefficient (Wildman–Crippen LogP) is -0.676. The lowest BCUT2D eigenvalue weighted by atomic mass is 10.0. The van der Waals surface area contributed by atoms with Crippen LogP contribution in [0, 0.1) is 0 Å². The van der Waals surface area contributed by atoms with Crippen molar-refractivity contribution < 1.29 is 24.0 Å². The fourth-order valence-corrected chi connectivity index (χ4v) is 3.74. The smallest absolute Gasteiger partial charge is 0.284 e. The molecular weight excluding hydrogens is 322 g/mol. The van der Waals surface area contributed by atoms with Gasteiger partial charge < -0.3 is 10.2 Å². The number of carbonyl (C=O) groups excluding carboxylic acids is 5. The van der Waals surface area contributed by atoms with E-state index in [2.05, 4.69) is 10.6 Å². The minimum atomic E-state index is -0.724. The molecule has 1 atom stereocenters. The number of nitrogens with zero attached hydrogens (tertiary/aromatic N) is 1. The van der Waals surface area contributed by atoms with E-state index in [1.807, 2.05) is 0 Å². The standard InChI is InChI=1S/C14H13N3O5S/c18-5-12(20)15-3-10-7-4-17(14(22)8(7)6-23-10)9-1-2-11(19)16-13(9)21/h5-6,9H,1-4H2,(H,15,20)(H,16,19,21). The van der Waals surface area contributed by atoms with Gasteiger partial charge in [-0.1, -0.05) is 0 Å². The highest BCUT2D eigenvalue weighted by Crippen LogP contribution is 2.33. The summed E-state index contributed by atoms with van der Waals surface area (Å²) in [6.45, 7) is 0.421. The van der Waals surface area contributed by atoms with Crippen LogP contribution in [0.15, 0.2) is 5.38 Å². The van der Waals surface area contributed by atoms with Crippen molar-refractivity contribution >= 4 is 41.3 Å². The Bertz CT molecular complexity index is 726. The van der Waals surface area contributed by atoms with Crippen LogP contribution >= 0.6 is 11.3 Å². The minimum absolute atomic E-state index is 0.161. The SMILES string of the molecule is O=CC(=O)NCc1scc2c1CN(C1CCC(=O)NC1=O)C2=O. The second-order valence-electron chi connectivity index (χ2n) is 5.29. The number of rotatable bonds is 4. The molecule has 4 amide bonds. The van der Waals surface area contributed by atoms with Gasteiger partial charge in [0.15, 0.2) is 0 Å². The molecule has 0 aromatic carbocycles. The molecule has 3 rings (SSSR count). The Balaban J connectivity index is 1.75. The molecule has 23 heavy (non-hydrogen) atoms. The molecule has 0 bridgehead atoms. The second kappa shape index (κ2) is 5.92. The van der Waals surface area contributed by atoms with Gasteiger partial charge in [-0.05, 0) is 12.0 Å². The third-order valence-electron chi connectivity index (χ3n) is 3.92. The van der Waals surface area contributed by atoms with E-state index in [0.29, 0.717) is 12.0 Å². The number of amides is 4. The number of hydrogen-bond donors (Lipinski definition) is 2. The lowest BCUT2D eigenvalue weighted by molar-refractivity contribution is -0.136. The molecule has 9 heteroatoms. The maximum atomic E-state index is 12.5. The lowest BCUT2D eigenvalue weighted by Crippen LogP contribution is -2.52. The van der Waals surface area contributed by atoms with Gasteiger partial charge in [-0.15, -0.1) is 11.3 Å². The summed E-state index contributed by atoms with van der Waals surface area (Å²) in [5.74, 6) is -1.76. The minimum Gasteiger partial charge on any atom is -0.345 e. The van der Waals surface area contributed by atoms with Crippen LogP contribution in [0.2, 0.25) is 0 Å². The van der Waals surface area contributed by atoms with E-state index in [9.17, 15) is 24.0 Å². The molecule has 1 unspecified atom stereocenters. The van der Waals surface area contributed by atoms with Crippen LogP contribution in [0.5, 0.6) is 0 Å². The van der Waals surface area contributed by atoms with Crippen LogP contribution in [-0.4, -0.2) is 40.9 Å². The largest absolute Gasteiger partial charge is 0.345 e. The summed E-state index contributed by atoms with van der Waals surface area (Å²) >= 11 is 1.33. The normalized spacial score (nSPS) is 20.3. The Kier molecular flexibility index (Phi) is 3.95. The number of hydrogen-bond acceptors (Lipinski definition) is 6. The molecule has 0 saturated carbocycles. The highest BCUT2D eigenvalue weighted by Gasteiger charge is 2.40. The Morgan fingerprint density at radius 2 is 2.22 bits per heavy atom. The van der Waals surface area contributed by atoms with E-state index in [4.69, 9.17) is 0 Å². The number of aldehydes is 1. The molecule has 1 fully saturated rings. The van der Waals surface area contributed by atoms with Gasteiger partial charge in [0.2, 0.25) is 18.1 Å². The van der Waals surface area contributed by atoms with Gasteiger partial charge in [-0.25, -0.2) is 0 Å². The van der Waals surface area contributed by atoms with Gasteiger partial charge in [0.25, 0.3) is 11.8 Å². The first-order chi connectivity index (χ1) is 11.0. The van der Waals surface area contributed by atoms with Crippen molar-refractivity contribution in [2.45, 2.75) is 32.0 Å². The van der Waals surface area contributed by atoms with Crippen LogP contribution in [-0.2, 0) is 32.3 Å². The summed E-state index contributed by atoms with van der Waals surface area (Å²) in [5.41, 5.74) is 1.27. The van der Waals surface area contributed by atoms with Crippen molar-refractivity contribution in [1.82, 2.24) is 15.5 Å². The zero-order valence-corrected chi connectivity index (χ0v) is 12.8. The fourth-order valence-electron chi connectivity index (χ4n) is 2.76. The van der Waals surface area contributed by atoms with Crippen molar-refractivity contribution in [2.75, 3.05) is 0 Å².